The Morgan fingerprint density at radius 1 is 1.02 bits per heavy atom. The normalized spacial score (nSPS) is 19.1. The van der Waals surface area contributed by atoms with E-state index in [1.165, 1.54) is 41.6 Å². The van der Waals surface area contributed by atoms with Gasteiger partial charge in [-0.1, -0.05) is 18.5 Å². The monoisotopic (exact) mass is 683 g/mol. The molecule has 3 unspecified atom stereocenters. The molecule has 1 spiro atoms. The third-order valence-corrected chi connectivity index (χ3v) is 9.20. The van der Waals surface area contributed by atoms with E-state index in [2.05, 4.69) is 5.32 Å². The molecule has 0 fully saturated rings. The third kappa shape index (κ3) is 5.89. The largest absolute Gasteiger partial charge is 0.507 e. The molecule has 1 aromatic heterocycles. The fourth-order valence-corrected chi connectivity index (χ4v) is 6.70. The average molecular weight is 684 g/mol. The molecule has 1 aliphatic heterocycles. The minimum atomic E-state index is -2.03. The lowest BCUT2D eigenvalue weighted by Crippen LogP contribution is -2.53. The molecule has 13 heteroatoms. The maximum Gasteiger partial charge on any atom is 0.231 e. The van der Waals surface area contributed by atoms with Crippen molar-refractivity contribution in [3.8, 4) is 34.5 Å². The van der Waals surface area contributed by atoms with Crippen molar-refractivity contribution in [3.63, 3.8) is 0 Å². The van der Waals surface area contributed by atoms with Crippen molar-refractivity contribution < 1.29 is 52.3 Å². The molecule has 3 aromatic rings. The zero-order valence-electron chi connectivity index (χ0n) is 27.6. The Hall–Kier alpha value is -4.84. The number of ether oxygens (including phenoxy) is 6. The summed E-state index contributed by atoms with van der Waals surface area (Å²) in [5.41, 5.74) is -1.78. The number of aliphatic hydroxyl groups is 1. The van der Waals surface area contributed by atoms with Crippen LogP contribution in [0.2, 0.25) is 5.02 Å². The summed E-state index contributed by atoms with van der Waals surface area (Å²) >= 11 is 6.61. The van der Waals surface area contributed by atoms with Crippen LogP contribution >= 0.6 is 11.6 Å². The van der Waals surface area contributed by atoms with Gasteiger partial charge in [-0.3, -0.25) is 14.4 Å². The number of carbonyl (C=O) groups excluding carboxylic acids is 3. The molecule has 1 amide bonds. The van der Waals surface area contributed by atoms with Crippen molar-refractivity contribution in [1.29, 1.82) is 0 Å². The molecule has 5 rings (SSSR count). The summed E-state index contributed by atoms with van der Waals surface area (Å²) in [6, 6.07) is 8.31. The van der Waals surface area contributed by atoms with Gasteiger partial charge in [0.2, 0.25) is 23.0 Å². The number of halogens is 1. The maximum absolute atomic E-state index is 14.4. The fraction of sp³-hybridized carbons (Fsp3) is 0.400. The zero-order valence-corrected chi connectivity index (χ0v) is 28.3. The molecule has 2 aliphatic rings. The zero-order chi connectivity index (χ0) is 34.7. The van der Waals surface area contributed by atoms with Crippen molar-refractivity contribution in [1.82, 2.24) is 5.32 Å². The van der Waals surface area contributed by atoms with Gasteiger partial charge in [-0.25, -0.2) is 0 Å². The van der Waals surface area contributed by atoms with Gasteiger partial charge in [0.1, 0.15) is 27.8 Å². The number of carbonyl (C=O) groups is 3. The minimum Gasteiger partial charge on any atom is -0.507 e. The molecular formula is C35H38ClNO11. The molecule has 48 heavy (non-hydrogen) atoms. The number of ketones is 2. The molecule has 0 bridgehead atoms. The number of hydrogen-bond donors (Lipinski definition) is 2. The van der Waals surface area contributed by atoms with Crippen LogP contribution < -0.4 is 33.7 Å². The smallest absolute Gasteiger partial charge is 0.231 e. The van der Waals surface area contributed by atoms with Crippen molar-refractivity contribution >= 4 is 29.1 Å². The highest BCUT2D eigenvalue weighted by molar-refractivity contribution is 6.35. The molecule has 3 atom stereocenters. The van der Waals surface area contributed by atoms with E-state index >= 15 is 0 Å². The van der Waals surface area contributed by atoms with Crippen LogP contribution in [-0.2, 0) is 16.0 Å². The SMILES string of the molecule is COc1cc(OC)c2c(c1Cl)OC1(C2=O)C(O)=C(C(CC(=O)NCCCc2ccco2)c2cc(OC)c(OC)c(OC)c2)C(=O)CC1C. The molecule has 1 aliphatic carbocycles. The van der Waals surface area contributed by atoms with Crippen LogP contribution in [0.1, 0.15) is 53.8 Å². The second kappa shape index (κ2) is 14.1. The Labute approximate surface area is 282 Å². The van der Waals surface area contributed by atoms with Crippen molar-refractivity contribution in [3.05, 3.63) is 69.8 Å². The quantitative estimate of drug-likeness (QED) is 0.216. The molecule has 0 saturated heterocycles. The predicted octanol–water partition coefficient (Wildman–Crippen LogP) is 5.63. The summed E-state index contributed by atoms with van der Waals surface area (Å²) in [6.45, 7) is 1.96. The number of aliphatic hydroxyl groups excluding tert-OH is 1. The third-order valence-electron chi connectivity index (χ3n) is 8.84. The fourth-order valence-electron chi connectivity index (χ4n) is 6.43. The molecule has 2 N–H and O–H groups in total. The number of allylic oxidation sites excluding steroid dienone is 1. The highest BCUT2D eigenvalue weighted by Crippen LogP contribution is 2.56. The van der Waals surface area contributed by atoms with Crippen LogP contribution in [0.4, 0.5) is 0 Å². The first kappa shape index (κ1) is 34.5. The Bertz CT molecular complexity index is 1720. The summed E-state index contributed by atoms with van der Waals surface area (Å²) in [7, 11) is 7.11. The van der Waals surface area contributed by atoms with E-state index in [4.69, 9.17) is 44.4 Å². The van der Waals surface area contributed by atoms with Gasteiger partial charge >= 0.3 is 0 Å². The van der Waals surface area contributed by atoms with Crippen LogP contribution in [0.5, 0.6) is 34.5 Å². The van der Waals surface area contributed by atoms with Gasteiger partial charge in [-0.2, -0.15) is 0 Å². The first-order valence-electron chi connectivity index (χ1n) is 15.3. The topological polar surface area (TPSA) is 152 Å². The lowest BCUT2D eigenvalue weighted by atomic mass is 9.69. The maximum atomic E-state index is 14.4. The van der Waals surface area contributed by atoms with Gasteiger partial charge in [-0.05, 0) is 36.2 Å². The summed E-state index contributed by atoms with van der Waals surface area (Å²) in [6.07, 6.45) is 2.36. The highest BCUT2D eigenvalue weighted by atomic mass is 35.5. The summed E-state index contributed by atoms with van der Waals surface area (Å²) in [4.78, 5) is 41.8. The molecular weight excluding hydrogens is 646 g/mol. The lowest BCUT2D eigenvalue weighted by molar-refractivity contribution is -0.121. The molecule has 0 radical (unpaired) electrons. The van der Waals surface area contributed by atoms with Crippen LogP contribution in [0.3, 0.4) is 0 Å². The van der Waals surface area contributed by atoms with Gasteiger partial charge in [0.25, 0.3) is 0 Å². The number of methoxy groups -OCH3 is 5. The average Bonchev–Trinajstić information content (AvgIpc) is 3.72. The Morgan fingerprint density at radius 2 is 1.69 bits per heavy atom. The number of nitrogens with one attached hydrogen (secondary N) is 1. The van der Waals surface area contributed by atoms with Crippen LogP contribution in [0.25, 0.3) is 0 Å². The van der Waals surface area contributed by atoms with Crippen molar-refractivity contribution in [2.24, 2.45) is 5.92 Å². The van der Waals surface area contributed by atoms with E-state index in [0.29, 0.717) is 30.7 Å². The first-order chi connectivity index (χ1) is 23.1. The number of Topliss-reactive ketones (excluding diaryl/α,β-unsaturated/α-hetero) is 2. The van der Waals surface area contributed by atoms with E-state index in [9.17, 15) is 19.5 Å². The number of rotatable bonds is 13. The van der Waals surface area contributed by atoms with Gasteiger partial charge in [0, 0.05) is 49.3 Å². The van der Waals surface area contributed by atoms with Gasteiger partial charge in [0.15, 0.2) is 28.8 Å². The molecule has 256 valence electrons. The second-order valence-electron chi connectivity index (χ2n) is 11.5. The van der Waals surface area contributed by atoms with E-state index < -0.39 is 40.7 Å². The number of furan rings is 1. The van der Waals surface area contributed by atoms with E-state index in [1.807, 2.05) is 6.07 Å². The van der Waals surface area contributed by atoms with Crippen LogP contribution in [0.15, 0.2) is 52.3 Å². The Morgan fingerprint density at radius 3 is 2.27 bits per heavy atom. The first-order valence-corrected chi connectivity index (χ1v) is 15.7. The lowest BCUT2D eigenvalue weighted by Gasteiger charge is -2.38. The van der Waals surface area contributed by atoms with Crippen molar-refractivity contribution in [2.45, 2.75) is 44.1 Å². The molecule has 2 aromatic carbocycles. The number of benzene rings is 2. The standard InChI is InChI=1S/C35H38ClNO11/c1-18-13-22(38)28(33(40)35(18)34(41)29-23(42-2)17-24(43-3)30(36)32(29)48-35)21(16-27(39)37-11-7-9-20-10-8-12-47-20)19-14-25(44-4)31(46-6)26(15-19)45-5/h8,10,12,14-15,17-18,21,40H,7,9,11,13,16H2,1-6H3,(H,37,39). The van der Waals surface area contributed by atoms with E-state index in [0.717, 1.165) is 5.76 Å². The molecule has 12 nitrogen and oxygen atoms in total. The van der Waals surface area contributed by atoms with Crippen LogP contribution in [0, 0.1) is 5.92 Å². The minimum absolute atomic E-state index is 0.00655. The predicted molar refractivity (Wildman–Crippen MR) is 174 cm³/mol. The molecule has 2 heterocycles. The van der Waals surface area contributed by atoms with Crippen molar-refractivity contribution in [2.75, 3.05) is 42.1 Å². The summed E-state index contributed by atoms with van der Waals surface area (Å²) in [5, 5.41) is 15.1. The highest BCUT2D eigenvalue weighted by Gasteiger charge is 2.61. The number of amides is 1. The second-order valence-corrected chi connectivity index (χ2v) is 11.9. The summed E-state index contributed by atoms with van der Waals surface area (Å²) in [5.74, 6) is -2.09. The number of hydrogen-bond acceptors (Lipinski definition) is 11. The molecule has 0 saturated carbocycles. The van der Waals surface area contributed by atoms with E-state index in [-0.39, 0.29) is 57.7 Å². The van der Waals surface area contributed by atoms with Gasteiger partial charge in [0.05, 0.1) is 41.8 Å². The van der Waals surface area contributed by atoms with Crippen LogP contribution in [-0.4, -0.2) is 70.3 Å². The van der Waals surface area contributed by atoms with Gasteiger partial charge in [-0.15, -0.1) is 0 Å². The Balaban J connectivity index is 1.62. The van der Waals surface area contributed by atoms with Gasteiger partial charge < -0.3 is 43.3 Å². The van der Waals surface area contributed by atoms with E-state index in [1.54, 1.807) is 31.4 Å². The Kier molecular flexibility index (Phi) is 10.1. The number of fused-ring (bicyclic) bond motifs is 1. The number of aryl methyl sites for hydroxylation is 1. The summed E-state index contributed by atoms with van der Waals surface area (Å²) < 4.78 is 39.2.